The van der Waals surface area contributed by atoms with Crippen molar-refractivity contribution in [1.82, 2.24) is 9.03 Å². The second-order valence-electron chi connectivity index (χ2n) is 2.70. The van der Waals surface area contributed by atoms with Gasteiger partial charge in [0.05, 0.1) is 0 Å². The molecule has 0 aromatic carbocycles. The van der Waals surface area contributed by atoms with Crippen LogP contribution in [0.5, 0.6) is 0 Å². The van der Waals surface area contributed by atoms with Crippen LogP contribution < -0.4 is 4.72 Å². The molecule has 1 atom stereocenters. The molecule has 0 saturated heterocycles. The highest BCUT2D eigenvalue weighted by molar-refractivity contribution is 7.87. The molecule has 0 saturated carbocycles. The number of hydrogen-bond donors (Lipinski definition) is 2. The van der Waals surface area contributed by atoms with E-state index in [0.29, 0.717) is 0 Å². The summed E-state index contributed by atoms with van der Waals surface area (Å²) in [5.41, 5.74) is 0. The van der Waals surface area contributed by atoms with Crippen LogP contribution in [0.3, 0.4) is 0 Å². The summed E-state index contributed by atoms with van der Waals surface area (Å²) in [5.74, 6) is -1.17. The van der Waals surface area contributed by atoms with E-state index >= 15 is 0 Å². The molecule has 2 N–H and O–H groups in total. The molecular weight excluding hydrogens is 196 g/mol. The van der Waals surface area contributed by atoms with Gasteiger partial charge in [0.2, 0.25) is 0 Å². The van der Waals surface area contributed by atoms with Gasteiger partial charge in [0.25, 0.3) is 10.2 Å². The Morgan fingerprint density at radius 3 is 2.23 bits per heavy atom. The second-order valence-corrected chi connectivity index (χ2v) is 4.62. The summed E-state index contributed by atoms with van der Waals surface area (Å²) in [6.07, 6.45) is 0.211. The van der Waals surface area contributed by atoms with Crippen molar-refractivity contribution in [1.29, 1.82) is 0 Å². The van der Waals surface area contributed by atoms with Crippen molar-refractivity contribution in [2.75, 3.05) is 14.1 Å². The molecule has 0 aromatic heterocycles. The molecule has 0 aliphatic rings. The molecule has 0 bridgehead atoms. The summed E-state index contributed by atoms with van der Waals surface area (Å²) >= 11 is 0. The molecule has 0 radical (unpaired) electrons. The zero-order valence-corrected chi connectivity index (χ0v) is 8.63. The van der Waals surface area contributed by atoms with Crippen molar-refractivity contribution in [2.24, 2.45) is 0 Å². The Labute approximate surface area is 77.7 Å². The Morgan fingerprint density at radius 1 is 1.54 bits per heavy atom. The molecule has 0 aliphatic heterocycles. The highest BCUT2D eigenvalue weighted by atomic mass is 32.2. The molecule has 0 heterocycles. The normalized spacial score (nSPS) is 14.5. The van der Waals surface area contributed by atoms with E-state index in [4.69, 9.17) is 5.11 Å². The van der Waals surface area contributed by atoms with Crippen LogP contribution in [-0.4, -0.2) is 43.9 Å². The van der Waals surface area contributed by atoms with Gasteiger partial charge in [-0.15, -0.1) is 0 Å². The number of hydrogen-bond acceptors (Lipinski definition) is 3. The minimum atomic E-state index is -3.65. The van der Waals surface area contributed by atoms with Crippen LogP contribution in [0.4, 0.5) is 0 Å². The lowest BCUT2D eigenvalue weighted by molar-refractivity contribution is -0.139. The van der Waals surface area contributed by atoms with Gasteiger partial charge in [0, 0.05) is 14.1 Å². The number of nitrogens with one attached hydrogen (secondary N) is 1. The molecule has 1 unspecified atom stereocenters. The average Bonchev–Trinajstić information content (AvgIpc) is 1.99. The first-order chi connectivity index (χ1) is 5.81. The van der Waals surface area contributed by atoms with E-state index in [2.05, 4.69) is 0 Å². The predicted molar refractivity (Wildman–Crippen MR) is 47.5 cm³/mol. The fourth-order valence-electron chi connectivity index (χ4n) is 0.594. The van der Waals surface area contributed by atoms with Crippen molar-refractivity contribution < 1.29 is 18.3 Å². The van der Waals surface area contributed by atoms with Gasteiger partial charge in [-0.2, -0.15) is 17.4 Å². The standard InChI is InChI=1S/C6H14N2O4S/c1-4-5(6(9)10)7-13(11,12)8(2)3/h5,7H,4H2,1-3H3,(H,9,10). The molecule has 0 aromatic rings. The van der Waals surface area contributed by atoms with E-state index < -0.39 is 22.2 Å². The van der Waals surface area contributed by atoms with Crippen molar-refractivity contribution in [2.45, 2.75) is 19.4 Å². The third-order valence-corrected chi connectivity index (χ3v) is 3.02. The average molecular weight is 210 g/mol. The quantitative estimate of drug-likeness (QED) is 0.625. The van der Waals surface area contributed by atoms with Crippen LogP contribution in [0, 0.1) is 0 Å². The molecule has 7 heteroatoms. The van der Waals surface area contributed by atoms with E-state index in [1.807, 2.05) is 4.72 Å². The summed E-state index contributed by atoms with van der Waals surface area (Å²) in [5, 5.41) is 8.57. The Morgan fingerprint density at radius 2 is 2.00 bits per heavy atom. The highest BCUT2D eigenvalue weighted by Crippen LogP contribution is 1.96. The Kier molecular flexibility index (Phi) is 4.31. The molecule has 0 amide bonds. The topological polar surface area (TPSA) is 86.7 Å². The molecule has 0 rings (SSSR count). The summed E-state index contributed by atoms with van der Waals surface area (Å²) in [6.45, 7) is 1.59. The second kappa shape index (κ2) is 4.54. The van der Waals surface area contributed by atoms with Crippen molar-refractivity contribution in [3.8, 4) is 0 Å². The molecule has 6 nitrogen and oxygen atoms in total. The predicted octanol–water partition coefficient (Wildman–Crippen LogP) is -0.754. The smallest absolute Gasteiger partial charge is 0.321 e. The number of aliphatic carboxylic acids is 1. The van der Waals surface area contributed by atoms with Crippen LogP contribution in [0.25, 0.3) is 0 Å². The number of carboxylic acid groups (broad SMARTS) is 1. The highest BCUT2D eigenvalue weighted by Gasteiger charge is 2.23. The van der Waals surface area contributed by atoms with Crippen LogP contribution in [-0.2, 0) is 15.0 Å². The van der Waals surface area contributed by atoms with Crippen LogP contribution >= 0.6 is 0 Å². The maximum atomic E-state index is 11.2. The van der Waals surface area contributed by atoms with Crippen LogP contribution in [0.2, 0.25) is 0 Å². The fraction of sp³-hybridized carbons (Fsp3) is 0.833. The first kappa shape index (κ1) is 12.3. The first-order valence-electron chi connectivity index (χ1n) is 3.73. The summed E-state index contributed by atoms with van der Waals surface area (Å²) in [6, 6.07) is -1.06. The van der Waals surface area contributed by atoms with Gasteiger partial charge in [0.1, 0.15) is 6.04 Å². The number of carbonyl (C=O) groups is 1. The maximum Gasteiger partial charge on any atom is 0.321 e. The lowest BCUT2D eigenvalue weighted by atomic mass is 10.2. The molecule has 13 heavy (non-hydrogen) atoms. The van der Waals surface area contributed by atoms with Crippen molar-refractivity contribution in [3.63, 3.8) is 0 Å². The van der Waals surface area contributed by atoms with E-state index in [9.17, 15) is 13.2 Å². The minimum absolute atomic E-state index is 0.211. The van der Waals surface area contributed by atoms with E-state index in [-0.39, 0.29) is 6.42 Å². The first-order valence-corrected chi connectivity index (χ1v) is 5.17. The molecule has 0 fully saturated rings. The van der Waals surface area contributed by atoms with Gasteiger partial charge in [-0.05, 0) is 6.42 Å². The van der Waals surface area contributed by atoms with Crippen LogP contribution in [0.15, 0.2) is 0 Å². The lowest BCUT2D eigenvalue weighted by Gasteiger charge is -2.16. The van der Waals surface area contributed by atoms with Gasteiger partial charge in [0.15, 0.2) is 0 Å². The van der Waals surface area contributed by atoms with Crippen molar-refractivity contribution >= 4 is 16.2 Å². The number of rotatable bonds is 5. The minimum Gasteiger partial charge on any atom is -0.480 e. The number of nitrogens with zero attached hydrogens (tertiary/aromatic N) is 1. The summed E-state index contributed by atoms with van der Waals surface area (Å²) in [4.78, 5) is 10.5. The number of carboxylic acids is 1. The Balaban J connectivity index is 4.50. The van der Waals surface area contributed by atoms with E-state index in [0.717, 1.165) is 4.31 Å². The zero-order chi connectivity index (χ0) is 10.6. The van der Waals surface area contributed by atoms with Crippen LogP contribution in [0.1, 0.15) is 13.3 Å². The zero-order valence-electron chi connectivity index (χ0n) is 7.81. The summed E-state index contributed by atoms with van der Waals surface area (Å²) < 4.78 is 25.3. The van der Waals surface area contributed by atoms with E-state index in [1.165, 1.54) is 14.1 Å². The SMILES string of the molecule is CCC(NS(=O)(=O)N(C)C)C(=O)O. The van der Waals surface area contributed by atoms with Gasteiger partial charge >= 0.3 is 5.97 Å². The molecule has 0 spiro atoms. The van der Waals surface area contributed by atoms with Crippen molar-refractivity contribution in [3.05, 3.63) is 0 Å². The van der Waals surface area contributed by atoms with Gasteiger partial charge in [-0.3, -0.25) is 4.79 Å². The Hall–Kier alpha value is -0.660. The summed E-state index contributed by atoms with van der Waals surface area (Å²) in [7, 11) is -0.992. The molecule has 0 aliphatic carbocycles. The van der Waals surface area contributed by atoms with Gasteiger partial charge < -0.3 is 5.11 Å². The Bertz CT molecular complexity index is 272. The third kappa shape index (κ3) is 3.71. The third-order valence-electron chi connectivity index (χ3n) is 1.48. The van der Waals surface area contributed by atoms with Gasteiger partial charge in [-0.25, -0.2) is 0 Å². The lowest BCUT2D eigenvalue weighted by Crippen LogP contribution is -2.45. The van der Waals surface area contributed by atoms with E-state index in [1.54, 1.807) is 6.92 Å². The molecule has 78 valence electrons. The van der Waals surface area contributed by atoms with Gasteiger partial charge in [-0.1, -0.05) is 6.92 Å². The molecular formula is C6H14N2O4S. The fourth-order valence-corrected chi connectivity index (χ4v) is 1.43. The largest absolute Gasteiger partial charge is 0.480 e. The maximum absolute atomic E-state index is 11.2. The monoisotopic (exact) mass is 210 g/mol.